The molecular weight excluding hydrogens is 616 g/mol. The number of aliphatic hydroxyl groups is 1. The van der Waals surface area contributed by atoms with E-state index in [1.54, 1.807) is 12.1 Å². The van der Waals surface area contributed by atoms with E-state index in [0.717, 1.165) is 60.0 Å². The molecule has 0 saturated carbocycles. The van der Waals surface area contributed by atoms with Crippen LogP contribution in [0.25, 0.3) is 28.0 Å². The predicted molar refractivity (Wildman–Crippen MR) is 180 cm³/mol. The number of aromatic nitrogens is 4. The topological polar surface area (TPSA) is 114 Å². The molecule has 0 unspecified atom stereocenters. The number of likely N-dealkylation sites (tertiary alicyclic amines) is 1. The van der Waals surface area contributed by atoms with Crippen molar-refractivity contribution in [2.75, 3.05) is 43.0 Å². The molecule has 5 aromatic rings. The van der Waals surface area contributed by atoms with E-state index >= 15 is 0 Å². The van der Waals surface area contributed by atoms with Gasteiger partial charge in [0.15, 0.2) is 5.13 Å². The second kappa shape index (κ2) is 12.7. The van der Waals surface area contributed by atoms with Gasteiger partial charge in [-0.1, -0.05) is 18.3 Å². The molecule has 47 heavy (non-hydrogen) atoms. The lowest BCUT2D eigenvalue weighted by Crippen LogP contribution is -2.42. The van der Waals surface area contributed by atoms with Crippen molar-refractivity contribution in [2.24, 2.45) is 5.92 Å². The largest absolute Gasteiger partial charge is 0.391 e. The Labute approximate surface area is 276 Å². The van der Waals surface area contributed by atoms with Crippen molar-refractivity contribution in [2.45, 2.75) is 38.7 Å². The van der Waals surface area contributed by atoms with Gasteiger partial charge in [-0.3, -0.25) is 9.20 Å². The molecule has 2 saturated heterocycles. The van der Waals surface area contributed by atoms with Crippen LogP contribution in [0.4, 0.5) is 21.2 Å². The minimum atomic E-state index is -0.393. The molecule has 1 atom stereocenters. The molecule has 10 nitrogen and oxygen atoms in total. The molecule has 7 rings (SSSR count). The number of aryl methyl sites for hydroxylation is 1. The molecule has 0 spiro atoms. The number of β-amino-alcohol motifs (C(OH)–C–C–N with tert-alkyl or cyclic N) is 1. The average Bonchev–Trinajstić information content (AvgIpc) is 3.84. The molecule has 1 N–H and O–H groups in total. The first kappa shape index (κ1) is 30.8. The second-order valence-electron chi connectivity index (χ2n) is 12.1. The van der Waals surface area contributed by atoms with E-state index in [1.807, 2.05) is 45.6 Å². The molecule has 6 heterocycles. The number of anilines is 3. The van der Waals surface area contributed by atoms with Gasteiger partial charge < -0.3 is 19.8 Å². The van der Waals surface area contributed by atoms with Crippen LogP contribution in [0.5, 0.6) is 0 Å². The number of halogens is 1. The van der Waals surface area contributed by atoms with Gasteiger partial charge in [-0.05, 0) is 74.2 Å². The van der Waals surface area contributed by atoms with Gasteiger partial charge >= 0.3 is 0 Å². The Morgan fingerprint density at radius 2 is 1.79 bits per heavy atom. The monoisotopic (exact) mass is 650 g/mol. The van der Waals surface area contributed by atoms with Crippen molar-refractivity contribution in [3.63, 3.8) is 0 Å². The normalized spacial score (nSPS) is 17.0. The van der Waals surface area contributed by atoms with Gasteiger partial charge in [0.05, 0.1) is 11.8 Å². The van der Waals surface area contributed by atoms with Gasteiger partial charge in [0.2, 0.25) is 5.91 Å². The van der Waals surface area contributed by atoms with Crippen LogP contribution in [0, 0.1) is 23.1 Å². The first-order valence-electron chi connectivity index (χ1n) is 15.9. The van der Waals surface area contributed by atoms with Crippen molar-refractivity contribution in [1.82, 2.24) is 24.3 Å². The summed E-state index contributed by atoms with van der Waals surface area (Å²) in [5, 5.41) is 20.3. The molecule has 2 aliphatic rings. The molecule has 0 aliphatic carbocycles. The number of imidazole rings is 1. The van der Waals surface area contributed by atoms with Crippen molar-refractivity contribution in [3.05, 3.63) is 77.3 Å². The van der Waals surface area contributed by atoms with E-state index in [2.05, 4.69) is 30.2 Å². The zero-order valence-electron chi connectivity index (χ0n) is 26.3. The van der Waals surface area contributed by atoms with E-state index in [-0.39, 0.29) is 17.6 Å². The van der Waals surface area contributed by atoms with Crippen molar-refractivity contribution in [3.8, 4) is 28.5 Å². The lowest BCUT2D eigenvalue weighted by Gasteiger charge is -2.33. The highest BCUT2D eigenvalue weighted by atomic mass is 32.1. The smallest absolute Gasteiger partial charge is 0.225 e. The number of nitriles is 1. The number of fused-ring (bicyclic) bond motifs is 1. The summed E-state index contributed by atoms with van der Waals surface area (Å²) in [6.07, 6.45) is 6.48. The molecule has 12 heteroatoms. The number of pyridine rings is 2. The summed E-state index contributed by atoms with van der Waals surface area (Å²) in [6.45, 7) is 4.70. The molecular formula is C35H35FN8O2S. The van der Waals surface area contributed by atoms with Gasteiger partial charge in [-0.15, -0.1) is 0 Å². The fourth-order valence-corrected chi connectivity index (χ4v) is 7.41. The first-order chi connectivity index (χ1) is 22.8. The molecule has 2 fully saturated rings. The fraction of sp³-hybridized carbons (Fsp3) is 0.343. The maximum absolute atomic E-state index is 13.6. The molecule has 240 valence electrons. The second-order valence-corrected chi connectivity index (χ2v) is 13.1. The lowest BCUT2D eigenvalue weighted by atomic mass is 9.95. The lowest BCUT2D eigenvalue weighted by molar-refractivity contribution is -0.135. The number of rotatable bonds is 7. The molecule has 1 amide bonds. The van der Waals surface area contributed by atoms with E-state index < -0.39 is 6.10 Å². The Morgan fingerprint density at radius 1 is 1.04 bits per heavy atom. The molecule has 0 bridgehead atoms. The molecule has 2 aliphatic heterocycles. The Balaban J connectivity index is 1.11. The minimum absolute atomic E-state index is 0.00318. The maximum Gasteiger partial charge on any atom is 0.225 e. The third-order valence-electron chi connectivity index (χ3n) is 9.16. The summed E-state index contributed by atoms with van der Waals surface area (Å²) in [4.78, 5) is 33.8. The number of nitrogens with zero attached hydrogens (tertiary/aromatic N) is 8. The number of hydrogen-bond donors (Lipinski definition) is 1. The number of hydrogen-bond acceptors (Lipinski definition) is 9. The number of thiazole rings is 1. The standard InChI is InChI=1S/C35H35FN8O2S/c1-3-28-33(41(2)35-40-32(29(18-37)47-35)22-4-8-26(36)9-5-22)44-20-25(7-11-31(44)39-28)24-6-10-30(38-19-24)42-15-12-23(13-16-42)34(46)43-17-14-27(45)21-43/h4-11,19-20,23,27,45H,3,12-17,21H2,1-2H3/t27-/m1/s1. The van der Waals surface area contributed by atoms with Crippen LogP contribution in [0.1, 0.15) is 36.8 Å². The Bertz CT molecular complexity index is 1960. The molecule has 4 aromatic heterocycles. The van der Waals surface area contributed by atoms with Crippen LogP contribution < -0.4 is 9.80 Å². The van der Waals surface area contributed by atoms with Gasteiger partial charge in [-0.2, -0.15) is 5.26 Å². The van der Waals surface area contributed by atoms with Crippen molar-refractivity contribution >= 4 is 39.7 Å². The number of piperidine rings is 1. The van der Waals surface area contributed by atoms with E-state index in [1.165, 1.54) is 23.5 Å². The third-order valence-corrected chi connectivity index (χ3v) is 10.2. The van der Waals surface area contributed by atoms with E-state index in [9.17, 15) is 19.6 Å². The van der Waals surface area contributed by atoms with Crippen molar-refractivity contribution < 1.29 is 14.3 Å². The summed E-state index contributed by atoms with van der Waals surface area (Å²) >= 11 is 1.29. The van der Waals surface area contributed by atoms with Crippen LogP contribution >= 0.6 is 11.3 Å². The van der Waals surface area contributed by atoms with Crippen LogP contribution in [0.3, 0.4) is 0 Å². The third kappa shape index (κ3) is 5.92. The number of benzene rings is 1. The van der Waals surface area contributed by atoms with Gasteiger partial charge in [0.1, 0.15) is 39.7 Å². The van der Waals surface area contributed by atoms with Gasteiger partial charge in [0.25, 0.3) is 0 Å². The zero-order valence-corrected chi connectivity index (χ0v) is 27.1. The number of carbonyl (C=O) groups is 1. The summed E-state index contributed by atoms with van der Waals surface area (Å²) in [5.41, 5.74) is 4.86. The summed E-state index contributed by atoms with van der Waals surface area (Å²) in [7, 11) is 1.92. The first-order valence-corrected chi connectivity index (χ1v) is 16.7. The van der Waals surface area contributed by atoms with Crippen LogP contribution in [0.2, 0.25) is 0 Å². The summed E-state index contributed by atoms with van der Waals surface area (Å²) < 4.78 is 15.6. The number of aliphatic hydroxyl groups excluding tert-OH is 1. The average molecular weight is 651 g/mol. The Kier molecular flexibility index (Phi) is 8.34. The summed E-state index contributed by atoms with van der Waals surface area (Å²) in [6, 6.07) is 16.4. The quantitative estimate of drug-likeness (QED) is 0.240. The molecule has 1 aromatic carbocycles. The van der Waals surface area contributed by atoms with Gasteiger partial charge in [0, 0.05) is 68.2 Å². The van der Waals surface area contributed by atoms with Crippen molar-refractivity contribution in [1.29, 1.82) is 5.26 Å². The summed E-state index contributed by atoms with van der Waals surface area (Å²) in [5.74, 6) is 1.58. The van der Waals surface area contributed by atoms with Crippen LogP contribution in [-0.4, -0.2) is 74.6 Å². The number of amides is 1. The highest BCUT2D eigenvalue weighted by Crippen LogP contribution is 2.37. The molecule has 0 radical (unpaired) electrons. The van der Waals surface area contributed by atoms with E-state index in [0.29, 0.717) is 47.2 Å². The van der Waals surface area contributed by atoms with E-state index in [4.69, 9.17) is 15.0 Å². The number of carbonyl (C=O) groups excluding carboxylic acids is 1. The fourth-order valence-electron chi connectivity index (χ4n) is 6.57. The van der Waals surface area contributed by atoms with Gasteiger partial charge in [-0.25, -0.2) is 19.3 Å². The Morgan fingerprint density at radius 3 is 2.45 bits per heavy atom. The highest BCUT2D eigenvalue weighted by molar-refractivity contribution is 7.16. The SMILES string of the molecule is CCc1nc2ccc(-c3ccc(N4CCC(C(=O)N5CC[C@@H](O)C5)CC4)nc3)cn2c1N(C)c1nc(-c2ccc(F)cc2)c(C#N)s1. The highest BCUT2D eigenvalue weighted by Gasteiger charge is 2.32. The Hall–Kier alpha value is -4.86. The maximum atomic E-state index is 13.6. The predicted octanol–water partition coefficient (Wildman–Crippen LogP) is 5.67. The van der Waals surface area contributed by atoms with Crippen LogP contribution in [-0.2, 0) is 11.2 Å². The minimum Gasteiger partial charge on any atom is -0.391 e. The zero-order chi connectivity index (χ0) is 32.7. The van der Waals surface area contributed by atoms with Crippen LogP contribution in [0.15, 0.2) is 60.9 Å².